The topological polar surface area (TPSA) is 125 Å². The number of hydrogen-bond acceptors (Lipinski definition) is 10. The standard InChI is InChI=1S/C18H17N5O5S2/c1-10-13(16(25)27-2)15(30-14(10)17(26)28-3)21-12(24)8-29-18-22-20-9-23(18)11-6-4-5-7-19-11/h4-7,9H,8H2,1-3H3,(H,21,24). The van der Waals surface area contributed by atoms with Crippen molar-refractivity contribution in [2.75, 3.05) is 25.3 Å². The maximum Gasteiger partial charge on any atom is 0.348 e. The number of nitrogens with one attached hydrogen (secondary N) is 1. The number of thioether (sulfide) groups is 1. The first-order chi connectivity index (χ1) is 14.5. The number of methoxy groups -OCH3 is 2. The van der Waals surface area contributed by atoms with Crippen molar-refractivity contribution < 1.29 is 23.9 Å². The van der Waals surface area contributed by atoms with Gasteiger partial charge in [-0.25, -0.2) is 14.6 Å². The molecule has 3 rings (SSSR count). The molecule has 0 aliphatic carbocycles. The van der Waals surface area contributed by atoms with Crippen LogP contribution >= 0.6 is 23.1 Å². The fourth-order valence-corrected chi connectivity index (χ4v) is 4.35. The van der Waals surface area contributed by atoms with Crippen molar-refractivity contribution in [1.29, 1.82) is 0 Å². The number of esters is 2. The van der Waals surface area contributed by atoms with Crippen molar-refractivity contribution in [3.63, 3.8) is 0 Å². The lowest BCUT2D eigenvalue weighted by Crippen LogP contribution is -2.16. The Labute approximate surface area is 179 Å². The first-order valence-electron chi connectivity index (χ1n) is 8.50. The van der Waals surface area contributed by atoms with Crippen LogP contribution in [0.1, 0.15) is 25.6 Å². The van der Waals surface area contributed by atoms with Gasteiger partial charge in [-0.3, -0.25) is 9.36 Å². The highest BCUT2D eigenvalue weighted by atomic mass is 32.2. The van der Waals surface area contributed by atoms with Gasteiger partial charge < -0.3 is 14.8 Å². The average molecular weight is 447 g/mol. The maximum absolute atomic E-state index is 12.5. The van der Waals surface area contributed by atoms with Gasteiger partial charge in [0.05, 0.1) is 25.5 Å². The molecule has 30 heavy (non-hydrogen) atoms. The largest absolute Gasteiger partial charge is 0.465 e. The Kier molecular flexibility index (Phi) is 6.79. The normalized spacial score (nSPS) is 10.5. The molecule has 0 saturated carbocycles. The number of nitrogens with zero attached hydrogens (tertiary/aromatic N) is 4. The van der Waals surface area contributed by atoms with Gasteiger partial charge in [-0.2, -0.15) is 0 Å². The lowest BCUT2D eigenvalue weighted by atomic mass is 10.1. The molecule has 0 aliphatic heterocycles. The van der Waals surface area contributed by atoms with Gasteiger partial charge in [0.2, 0.25) is 5.91 Å². The van der Waals surface area contributed by atoms with Crippen LogP contribution in [-0.2, 0) is 14.3 Å². The summed E-state index contributed by atoms with van der Waals surface area (Å²) in [4.78, 5) is 41.1. The van der Waals surface area contributed by atoms with Crippen LogP contribution in [0.5, 0.6) is 0 Å². The molecule has 3 aromatic heterocycles. The first kappa shape index (κ1) is 21.5. The maximum atomic E-state index is 12.5. The Balaban J connectivity index is 1.75. The van der Waals surface area contributed by atoms with Gasteiger partial charge in [0, 0.05) is 6.20 Å². The van der Waals surface area contributed by atoms with E-state index in [1.807, 2.05) is 6.07 Å². The molecule has 0 radical (unpaired) electrons. The molecule has 0 spiro atoms. The predicted octanol–water partition coefficient (Wildman–Crippen LogP) is 2.34. The van der Waals surface area contributed by atoms with Crippen molar-refractivity contribution in [1.82, 2.24) is 19.7 Å². The molecule has 3 aromatic rings. The number of ether oxygens (including phenoxy) is 2. The molecule has 0 aliphatic rings. The molecule has 12 heteroatoms. The lowest BCUT2D eigenvalue weighted by Gasteiger charge is -2.07. The number of pyridine rings is 1. The van der Waals surface area contributed by atoms with Gasteiger partial charge in [-0.05, 0) is 24.6 Å². The molecule has 0 fully saturated rings. The van der Waals surface area contributed by atoms with E-state index in [0.717, 1.165) is 23.1 Å². The minimum Gasteiger partial charge on any atom is -0.465 e. The smallest absolute Gasteiger partial charge is 0.348 e. The van der Waals surface area contributed by atoms with Gasteiger partial charge in [0.25, 0.3) is 0 Å². The number of aromatic nitrogens is 4. The van der Waals surface area contributed by atoms with Crippen LogP contribution in [0.3, 0.4) is 0 Å². The van der Waals surface area contributed by atoms with Crippen molar-refractivity contribution in [2.24, 2.45) is 0 Å². The number of rotatable bonds is 7. The second-order valence-electron chi connectivity index (χ2n) is 5.75. The SMILES string of the molecule is COC(=O)c1sc(NC(=O)CSc2nncn2-c2ccccn2)c(C(=O)OC)c1C. The minimum atomic E-state index is -0.656. The Morgan fingerprint density at radius 3 is 2.63 bits per heavy atom. The zero-order chi connectivity index (χ0) is 21.7. The molecule has 1 N–H and O–H groups in total. The van der Waals surface area contributed by atoms with Crippen LogP contribution in [-0.4, -0.2) is 57.6 Å². The second kappa shape index (κ2) is 9.50. The summed E-state index contributed by atoms with van der Waals surface area (Å²) in [6.45, 7) is 1.59. The number of carbonyl (C=O) groups is 3. The number of thiophene rings is 1. The van der Waals surface area contributed by atoms with Gasteiger partial charge in [-0.15, -0.1) is 21.5 Å². The van der Waals surface area contributed by atoms with Gasteiger partial charge >= 0.3 is 11.9 Å². The Hall–Kier alpha value is -3.25. The van der Waals surface area contributed by atoms with Crippen LogP contribution in [0.15, 0.2) is 35.9 Å². The molecular formula is C18H17N5O5S2. The van der Waals surface area contributed by atoms with E-state index in [1.165, 1.54) is 20.5 Å². The number of carbonyl (C=O) groups excluding carboxylic acids is 3. The van der Waals surface area contributed by atoms with E-state index in [9.17, 15) is 14.4 Å². The third-order valence-corrected chi connectivity index (χ3v) is 6.04. The summed E-state index contributed by atoms with van der Waals surface area (Å²) >= 11 is 2.11. The quantitative estimate of drug-likeness (QED) is 0.429. The minimum absolute atomic E-state index is 0.00333. The van der Waals surface area contributed by atoms with Crippen LogP contribution in [0.4, 0.5) is 5.00 Å². The van der Waals surface area contributed by atoms with E-state index in [4.69, 9.17) is 9.47 Å². The van der Waals surface area contributed by atoms with Crippen LogP contribution in [0, 0.1) is 6.92 Å². The molecule has 0 saturated heterocycles. The zero-order valence-corrected chi connectivity index (χ0v) is 17.9. The molecule has 3 heterocycles. The van der Waals surface area contributed by atoms with Crippen molar-refractivity contribution in [3.05, 3.63) is 46.7 Å². The molecule has 0 atom stereocenters. The van der Waals surface area contributed by atoms with E-state index in [0.29, 0.717) is 16.5 Å². The van der Waals surface area contributed by atoms with Crippen molar-refractivity contribution in [3.8, 4) is 5.82 Å². The summed E-state index contributed by atoms with van der Waals surface area (Å²) in [6.07, 6.45) is 3.14. The Morgan fingerprint density at radius 2 is 1.97 bits per heavy atom. The fraction of sp³-hybridized carbons (Fsp3) is 0.222. The third-order valence-electron chi connectivity index (χ3n) is 3.90. The summed E-state index contributed by atoms with van der Waals surface area (Å²) in [5, 5.41) is 11.2. The highest BCUT2D eigenvalue weighted by Crippen LogP contribution is 2.34. The summed E-state index contributed by atoms with van der Waals surface area (Å²) in [5.41, 5.74) is 0.509. The number of anilines is 1. The molecule has 10 nitrogen and oxygen atoms in total. The summed E-state index contributed by atoms with van der Waals surface area (Å²) in [5.74, 6) is -1.03. The highest BCUT2D eigenvalue weighted by molar-refractivity contribution is 7.99. The van der Waals surface area contributed by atoms with E-state index in [-0.39, 0.29) is 21.2 Å². The van der Waals surface area contributed by atoms with Gasteiger partial charge in [0.1, 0.15) is 22.0 Å². The lowest BCUT2D eigenvalue weighted by molar-refractivity contribution is -0.113. The molecule has 0 unspecified atom stereocenters. The second-order valence-corrected chi connectivity index (χ2v) is 7.71. The Morgan fingerprint density at radius 1 is 1.20 bits per heavy atom. The average Bonchev–Trinajstić information content (AvgIpc) is 3.36. The molecular weight excluding hydrogens is 430 g/mol. The molecule has 0 aromatic carbocycles. The van der Waals surface area contributed by atoms with E-state index in [2.05, 4.69) is 20.5 Å². The number of hydrogen-bond donors (Lipinski definition) is 1. The van der Waals surface area contributed by atoms with Crippen LogP contribution in [0.2, 0.25) is 0 Å². The monoisotopic (exact) mass is 447 g/mol. The predicted molar refractivity (Wildman–Crippen MR) is 110 cm³/mol. The van der Waals surface area contributed by atoms with Gasteiger partial charge in [0.15, 0.2) is 5.16 Å². The fourth-order valence-electron chi connectivity index (χ4n) is 2.51. The summed E-state index contributed by atoms with van der Waals surface area (Å²) in [6, 6.07) is 5.41. The van der Waals surface area contributed by atoms with E-state index < -0.39 is 17.8 Å². The zero-order valence-electron chi connectivity index (χ0n) is 16.2. The molecule has 156 valence electrons. The van der Waals surface area contributed by atoms with Crippen molar-refractivity contribution >= 4 is 45.9 Å². The van der Waals surface area contributed by atoms with E-state index in [1.54, 1.807) is 29.8 Å². The number of amides is 1. The first-order valence-corrected chi connectivity index (χ1v) is 10.3. The molecule has 1 amide bonds. The summed E-state index contributed by atoms with van der Waals surface area (Å²) < 4.78 is 11.2. The highest BCUT2D eigenvalue weighted by Gasteiger charge is 2.26. The molecule has 0 bridgehead atoms. The van der Waals surface area contributed by atoms with Crippen LogP contribution in [0.25, 0.3) is 5.82 Å². The third kappa shape index (κ3) is 4.49. The van der Waals surface area contributed by atoms with Gasteiger partial charge in [-0.1, -0.05) is 17.8 Å². The van der Waals surface area contributed by atoms with E-state index >= 15 is 0 Å². The Bertz CT molecular complexity index is 1080. The van der Waals surface area contributed by atoms with Crippen LogP contribution < -0.4 is 5.32 Å². The summed E-state index contributed by atoms with van der Waals surface area (Å²) in [7, 11) is 2.47. The van der Waals surface area contributed by atoms with Crippen molar-refractivity contribution in [2.45, 2.75) is 12.1 Å².